The molecule has 2 fully saturated rings. The van der Waals surface area contributed by atoms with Crippen LogP contribution in [0.5, 0.6) is 0 Å². The molecule has 0 aromatic heterocycles. The topological polar surface area (TPSA) is 55.8 Å². The van der Waals surface area contributed by atoms with Gasteiger partial charge in [-0.3, -0.25) is 4.79 Å². The van der Waals surface area contributed by atoms with Crippen LogP contribution >= 0.6 is 0 Å². The van der Waals surface area contributed by atoms with Crippen LogP contribution in [-0.2, 0) is 14.3 Å². The maximum atomic E-state index is 11.1. The van der Waals surface area contributed by atoms with Crippen LogP contribution in [0.3, 0.4) is 0 Å². The first-order chi connectivity index (χ1) is 7.29. The Labute approximate surface area is 89.6 Å². The highest BCUT2D eigenvalue weighted by molar-refractivity contribution is 5.70. The van der Waals surface area contributed by atoms with E-state index in [-0.39, 0.29) is 12.0 Å². The molecule has 0 amide bonds. The van der Waals surface area contributed by atoms with Crippen LogP contribution in [-0.4, -0.2) is 37.0 Å². The Bertz CT molecular complexity index is 223. The third-order valence-electron chi connectivity index (χ3n) is 3.41. The number of aliphatic carboxylic acids is 1. The highest BCUT2D eigenvalue weighted by atomic mass is 16.5. The lowest BCUT2D eigenvalue weighted by molar-refractivity contribution is -0.157. The second-order valence-corrected chi connectivity index (χ2v) is 4.37. The van der Waals surface area contributed by atoms with Gasteiger partial charge in [-0.15, -0.1) is 0 Å². The number of ether oxygens (including phenoxy) is 2. The van der Waals surface area contributed by atoms with E-state index in [1.54, 1.807) is 0 Å². The molecular weight excluding hydrogens is 196 g/mol. The molecule has 86 valence electrons. The zero-order valence-corrected chi connectivity index (χ0v) is 8.85. The van der Waals surface area contributed by atoms with E-state index < -0.39 is 5.97 Å². The Morgan fingerprint density at radius 3 is 2.53 bits per heavy atom. The lowest BCUT2D eigenvalue weighted by atomic mass is 9.82. The van der Waals surface area contributed by atoms with E-state index in [0.717, 1.165) is 38.9 Å². The second kappa shape index (κ2) is 4.94. The number of hydrogen-bond donors (Lipinski definition) is 1. The Morgan fingerprint density at radius 2 is 1.87 bits per heavy atom. The quantitative estimate of drug-likeness (QED) is 0.752. The molecule has 2 saturated heterocycles. The number of carboxylic acid groups (broad SMARTS) is 1. The molecule has 2 heterocycles. The zero-order valence-electron chi connectivity index (χ0n) is 8.85. The summed E-state index contributed by atoms with van der Waals surface area (Å²) in [5.41, 5.74) is 0. The van der Waals surface area contributed by atoms with Crippen molar-refractivity contribution >= 4 is 5.97 Å². The molecule has 4 heteroatoms. The molecule has 15 heavy (non-hydrogen) atoms. The molecule has 0 radical (unpaired) electrons. The Morgan fingerprint density at radius 1 is 1.13 bits per heavy atom. The van der Waals surface area contributed by atoms with Gasteiger partial charge >= 0.3 is 5.97 Å². The van der Waals surface area contributed by atoms with E-state index in [2.05, 4.69) is 0 Å². The summed E-state index contributed by atoms with van der Waals surface area (Å²) >= 11 is 0. The fourth-order valence-electron chi connectivity index (χ4n) is 2.58. The first-order valence-electron chi connectivity index (χ1n) is 5.71. The van der Waals surface area contributed by atoms with E-state index in [1.807, 2.05) is 0 Å². The summed E-state index contributed by atoms with van der Waals surface area (Å²) in [7, 11) is 0. The zero-order chi connectivity index (χ0) is 10.7. The van der Waals surface area contributed by atoms with Gasteiger partial charge < -0.3 is 14.6 Å². The summed E-state index contributed by atoms with van der Waals surface area (Å²) in [5.74, 6) is -0.631. The van der Waals surface area contributed by atoms with Crippen molar-refractivity contribution in [3.05, 3.63) is 0 Å². The Hall–Kier alpha value is -0.610. The third-order valence-corrected chi connectivity index (χ3v) is 3.41. The van der Waals surface area contributed by atoms with Gasteiger partial charge in [-0.25, -0.2) is 0 Å². The first kappa shape index (κ1) is 10.9. The van der Waals surface area contributed by atoms with Crippen LogP contribution in [0.2, 0.25) is 0 Å². The van der Waals surface area contributed by atoms with Gasteiger partial charge in [-0.2, -0.15) is 0 Å². The van der Waals surface area contributed by atoms with Crippen molar-refractivity contribution < 1.29 is 19.4 Å². The standard InChI is InChI=1S/C11H18O4/c12-11(13)9-2-1-5-15-10(9)8-3-6-14-7-4-8/h8-10H,1-7H2,(H,12,13). The van der Waals surface area contributed by atoms with Gasteiger partial charge in [0.1, 0.15) is 0 Å². The predicted octanol–water partition coefficient (Wildman–Crippen LogP) is 1.29. The molecule has 2 aliphatic heterocycles. The van der Waals surface area contributed by atoms with Gasteiger partial charge in [-0.1, -0.05) is 0 Å². The minimum absolute atomic E-state index is 0.0832. The summed E-state index contributed by atoms with van der Waals surface area (Å²) in [5, 5.41) is 9.13. The fourth-order valence-corrected chi connectivity index (χ4v) is 2.58. The van der Waals surface area contributed by atoms with Crippen LogP contribution in [0.1, 0.15) is 25.7 Å². The molecule has 2 aliphatic rings. The van der Waals surface area contributed by atoms with E-state index in [4.69, 9.17) is 14.6 Å². The van der Waals surface area contributed by atoms with E-state index in [1.165, 1.54) is 0 Å². The van der Waals surface area contributed by atoms with E-state index in [9.17, 15) is 4.79 Å². The normalized spacial score (nSPS) is 33.9. The summed E-state index contributed by atoms with van der Waals surface area (Å²) in [4.78, 5) is 11.1. The molecule has 0 aromatic rings. The second-order valence-electron chi connectivity index (χ2n) is 4.37. The average Bonchev–Trinajstić information content (AvgIpc) is 2.30. The number of carboxylic acids is 1. The highest BCUT2D eigenvalue weighted by Gasteiger charge is 2.37. The molecule has 2 atom stereocenters. The van der Waals surface area contributed by atoms with Crippen molar-refractivity contribution in [2.75, 3.05) is 19.8 Å². The Kier molecular flexibility index (Phi) is 3.59. The minimum atomic E-state index is -0.703. The van der Waals surface area contributed by atoms with Gasteiger partial charge in [0.25, 0.3) is 0 Å². The molecule has 0 saturated carbocycles. The minimum Gasteiger partial charge on any atom is -0.481 e. The molecule has 0 spiro atoms. The van der Waals surface area contributed by atoms with Crippen LogP contribution < -0.4 is 0 Å². The predicted molar refractivity (Wildman–Crippen MR) is 53.6 cm³/mol. The van der Waals surface area contributed by atoms with Crippen LogP contribution in [0.15, 0.2) is 0 Å². The summed E-state index contributed by atoms with van der Waals surface area (Å²) in [6.07, 6.45) is 3.43. The number of rotatable bonds is 2. The van der Waals surface area contributed by atoms with Gasteiger partial charge in [0.15, 0.2) is 0 Å². The lowest BCUT2D eigenvalue weighted by Crippen LogP contribution is -2.42. The van der Waals surface area contributed by atoms with Gasteiger partial charge in [0.2, 0.25) is 0 Å². The SMILES string of the molecule is O=C(O)C1CCCOC1C1CCOCC1. The molecule has 1 N–H and O–H groups in total. The van der Waals surface area contributed by atoms with Crippen LogP contribution in [0.4, 0.5) is 0 Å². The molecule has 0 bridgehead atoms. The smallest absolute Gasteiger partial charge is 0.309 e. The molecular formula is C11H18O4. The molecule has 2 rings (SSSR count). The molecule has 0 aliphatic carbocycles. The largest absolute Gasteiger partial charge is 0.481 e. The van der Waals surface area contributed by atoms with Gasteiger partial charge in [0.05, 0.1) is 12.0 Å². The van der Waals surface area contributed by atoms with Crippen LogP contribution in [0.25, 0.3) is 0 Å². The monoisotopic (exact) mass is 214 g/mol. The average molecular weight is 214 g/mol. The maximum absolute atomic E-state index is 11.1. The Balaban J connectivity index is 1.99. The maximum Gasteiger partial charge on any atom is 0.309 e. The van der Waals surface area contributed by atoms with Gasteiger partial charge in [-0.05, 0) is 31.6 Å². The van der Waals surface area contributed by atoms with Crippen molar-refractivity contribution in [2.24, 2.45) is 11.8 Å². The summed E-state index contributed by atoms with van der Waals surface area (Å²) in [6.45, 7) is 2.21. The molecule has 4 nitrogen and oxygen atoms in total. The molecule has 2 unspecified atom stereocenters. The van der Waals surface area contributed by atoms with E-state index in [0.29, 0.717) is 12.5 Å². The summed E-state index contributed by atoms with van der Waals surface area (Å²) < 4.78 is 10.9. The van der Waals surface area contributed by atoms with Crippen molar-refractivity contribution in [1.82, 2.24) is 0 Å². The summed E-state index contributed by atoms with van der Waals surface area (Å²) in [6, 6.07) is 0. The van der Waals surface area contributed by atoms with Crippen LogP contribution in [0, 0.1) is 11.8 Å². The van der Waals surface area contributed by atoms with Crippen molar-refractivity contribution in [3.63, 3.8) is 0 Å². The van der Waals surface area contributed by atoms with Crippen molar-refractivity contribution in [1.29, 1.82) is 0 Å². The van der Waals surface area contributed by atoms with Gasteiger partial charge in [0, 0.05) is 19.8 Å². The number of carbonyl (C=O) groups is 1. The first-order valence-corrected chi connectivity index (χ1v) is 5.71. The van der Waals surface area contributed by atoms with Crippen molar-refractivity contribution in [3.8, 4) is 0 Å². The molecule has 0 aromatic carbocycles. The highest BCUT2D eigenvalue weighted by Crippen LogP contribution is 2.31. The fraction of sp³-hybridized carbons (Fsp3) is 0.909. The number of hydrogen-bond acceptors (Lipinski definition) is 3. The van der Waals surface area contributed by atoms with Crippen molar-refractivity contribution in [2.45, 2.75) is 31.8 Å². The third kappa shape index (κ3) is 2.49. The lowest BCUT2D eigenvalue weighted by Gasteiger charge is -2.36. The van der Waals surface area contributed by atoms with E-state index >= 15 is 0 Å².